The number of rotatable bonds is 19. The summed E-state index contributed by atoms with van der Waals surface area (Å²) in [7, 11) is 0. The zero-order chi connectivity index (χ0) is 25.0. The summed E-state index contributed by atoms with van der Waals surface area (Å²) in [5.74, 6) is 1.00. The number of hydrogen-bond donors (Lipinski definition) is 0. The van der Waals surface area contributed by atoms with E-state index in [1.807, 2.05) is 12.1 Å². The molecule has 0 aliphatic rings. The lowest BCUT2D eigenvalue weighted by Crippen LogP contribution is -2.17. The minimum atomic E-state index is -0.778. The smallest absolute Gasteiger partial charge is 0.494 e. The molecule has 35 heavy (non-hydrogen) atoms. The molecule has 0 bridgehead atoms. The SMILES string of the molecule is CCCCCCCCCCOc1ccc(C(CCCCCC)COC(=O)Oc2ncccn2)cc1. The Morgan fingerprint density at radius 3 is 2.06 bits per heavy atom. The van der Waals surface area contributed by atoms with Crippen LogP contribution in [0.1, 0.15) is 109 Å². The Kier molecular flexibility index (Phi) is 15.3. The van der Waals surface area contributed by atoms with Crippen molar-refractivity contribution in [1.82, 2.24) is 9.97 Å². The summed E-state index contributed by atoms with van der Waals surface area (Å²) >= 11 is 0. The maximum atomic E-state index is 12.1. The topological polar surface area (TPSA) is 70.5 Å². The van der Waals surface area contributed by atoms with Gasteiger partial charge in [0.25, 0.3) is 0 Å². The second-order valence-corrected chi connectivity index (χ2v) is 9.13. The number of aromatic nitrogens is 2. The molecule has 1 unspecified atom stereocenters. The monoisotopic (exact) mass is 484 g/mol. The zero-order valence-corrected chi connectivity index (χ0v) is 21.8. The van der Waals surface area contributed by atoms with E-state index in [0.29, 0.717) is 0 Å². The van der Waals surface area contributed by atoms with Crippen LogP contribution >= 0.6 is 0 Å². The van der Waals surface area contributed by atoms with Crippen molar-refractivity contribution in [3.63, 3.8) is 0 Å². The summed E-state index contributed by atoms with van der Waals surface area (Å²) in [6, 6.07) is 9.87. The molecule has 0 saturated carbocycles. The second kappa shape index (κ2) is 18.7. The van der Waals surface area contributed by atoms with Crippen LogP contribution < -0.4 is 9.47 Å². The Balaban J connectivity index is 1.76. The van der Waals surface area contributed by atoms with Crippen molar-refractivity contribution in [2.75, 3.05) is 13.2 Å². The molecule has 6 nitrogen and oxygen atoms in total. The van der Waals surface area contributed by atoms with E-state index in [4.69, 9.17) is 14.2 Å². The van der Waals surface area contributed by atoms with E-state index in [1.54, 1.807) is 6.07 Å². The molecule has 1 atom stereocenters. The van der Waals surface area contributed by atoms with Gasteiger partial charge >= 0.3 is 12.2 Å². The quantitative estimate of drug-likeness (QED) is 0.148. The molecular weight excluding hydrogens is 440 g/mol. The van der Waals surface area contributed by atoms with Crippen LogP contribution in [0.4, 0.5) is 4.79 Å². The lowest BCUT2D eigenvalue weighted by Gasteiger charge is -2.18. The molecule has 0 aliphatic heterocycles. The number of unbranched alkanes of at least 4 members (excludes halogenated alkanes) is 10. The van der Waals surface area contributed by atoms with Crippen molar-refractivity contribution in [2.45, 2.75) is 103 Å². The van der Waals surface area contributed by atoms with Crippen LogP contribution in [0.15, 0.2) is 42.7 Å². The van der Waals surface area contributed by atoms with Crippen molar-refractivity contribution < 1.29 is 19.0 Å². The van der Waals surface area contributed by atoms with Gasteiger partial charge in [0.05, 0.1) is 6.61 Å². The van der Waals surface area contributed by atoms with Gasteiger partial charge in [-0.3, -0.25) is 0 Å². The maximum Gasteiger partial charge on any atom is 0.516 e. The summed E-state index contributed by atoms with van der Waals surface area (Å²) in [5, 5.41) is 0. The van der Waals surface area contributed by atoms with Crippen molar-refractivity contribution in [3.05, 3.63) is 48.3 Å². The Labute approximate surface area is 211 Å². The first kappa shape index (κ1) is 28.6. The van der Waals surface area contributed by atoms with Gasteiger partial charge in [0.1, 0.15) is 12.4 Å². The van der Waals surface area contributed by atoms with E-state index in [-0.39, 0.29) is 18.5 Å². The summed E-state index contributed by atoms with van der Waals surface area (Å²) in [6.45, 7) is 5.47. The minimum Gasteiger partial charge on any atom is -0.494 e. The summed E-state index contributed by atoms with van der Waals surface area (Å²) < 4.78 is 16.4. The van der Waals surface area contributed by atoms with E-state index < -0.39 is 6.16 Å². The largest absolute Gasteiger partial charge is 0.516 e. The molecular formula is C29H44N2O4. The Morgan fingerprint density at radius 2 is 1.40 bits per heavy atom. The van der Waals surface area contributed by atoms with E-state index in [1.165, 1.54) is 76.6 Å². The zero-order valence-electron chi connectivity index (χ0n) is 21.8. The molecule has 1 aromatic carbocycles. The van der Waals surface area contributed by atoms with Crippen LogP contribution in [0.3, 0.4) is 0 Å². The van der Waals surface area contributed by atoms with Gasteiger partial charge in [-0.25, -0.2) is 14.8 Å². The van der Waals surface area contributed by atoms with Gasteiger partial charge in [0.2, 0.25) is 0 Å². The van der Waals surface area contributed by atoms with Gasteiger partial charge in [0, 0.05) is 18.3 Å². The molecule has 0 fully saturated rings. The molecule has 1 aromatic heterocycles. The van der Waals surface area contributed by atoms with Crippen LogP contribution in [0.5, 0.6) is 11.8 Å². The molecule has 6 heteroatoms. The predicted octanol–water partition coefficient (Wildman–Crippen LogP) is 8.27. The maximum absolute atomic E-state index is 12.1. The Hall–Kier alpha value is -2.63. The molecule has 0 saturated heterocycles. The lowest BCUT2D eigenvalue weighted by molar-refractivity contribution is 0.0887. The standard InChI is InChI=1S/C29H44N2O4/c1-3-5-7-9-10-11-12-14-23-33-27-19-17-25(18-20-27)26(16-13-8-6-4-2)24-34-29(32)35-28-30-21-15-22-31-28/h15,17-22,26H,3-14,16,23-24H2,1-2H3. The van der Waals surface area contributed by atoms with Gasteiger partial charge in [0.15, 0.2) is 0 Å². The summed E-state index contributed by atoms with van der Waals surface area (Å²) in [6.07, 6.45) is 18.2. The van der Waals surface area contributed by atoms with E-state index >= 15 is 0 Å². The van der Waals surface area contributed by atoms with E-state index in [0.717, 1.165) is 37.2 Å². The van der Waals surface area contributed by atoms with Crippen LogP contribution in [0, 0.1) is 0 Å². The fraction of sp³-hybridized carbons (Fsp3) is 0.621. The van der Waals surface area contributed by atoms with Crippen LogP contribution in [0.2, 0.25) is 0 Å². The lowest BCUT2D eigenvalue weighted by atomic mass is 9.93. The van der Waals surface area contributed by atoms with Gasteiger partial charge in [-0.1, -0.05) is 96.6 Å². The molecule has 2 rings (SSSR count). The third-order valence-corrected chi connectivity index (χ3v) is 6.14. The second-order valence-electron chi connectivity index (χ2n) is 9.13. The fourth-order valence-corrected chi connectivity index (χ4v) is 4.04. The summed E-state index contributed by atoms with van der Waals surface area (Å²) in [5.41, 5.74) is 1.14. The van der Waals surface area contributed by atoms with Crippen molar-refractivity contribution in [2.24, 2.45) is 0 Å². The van der Waals surface area contributed by atoms with Crippen molar-refractivity contribution in [3.8, 4) is 11.8 Å². The highest BCUT2D eigenvalue weighted by atomic mass is 16.7. The third-order valence-electron chi connectivity index (χ3n) is 6.14. The first-order chi connectivity index (χ1) is 17.2. The van der Waals surface area contributed by atoms with Crippen LogP contribution in [-0.4, -0.2) is 29.3 Å². The number of ether oxygens (including phenoxy) is 3. The fourth-order valence-electron chi connectivity index (χ4n) is 4.04. The number of carbonyl (C=O) groups is 1. The molecule has 0 aliphatic carbocycles. The molecule has 0 spiro atoms. The Morgan fingerprint density at radius 1 is 0.800 bits per heavy atom. The van der Waals surface area contributed by atoms with Crippen LogP contribution in [-0.2, 0) is 4.74 Å². The molecule has 194 valence electrons. The summed E-state index contributed by atoms with van der Waals surface area (Å²) in [4.78, 5) is 19.9. The van der Waals surface area contributed by atoms with E-state index in [2.05, 4.69) is 35.9 Å². The highest BCUT2D eigenvalue weighted by Crippen LogP contribution is 2.26. The molecule has 0 radical (unpaired) electrons. The number of hydrogen-bond acceptors (Lipinski definition) is 6. The first-order valence-electron chi connectivity index (χ1n) is 13.6. The van der Waals surface area contributed by atoms with Crippen molar-refractivity contribution >= 4 is 6.16 Å². The number of carbonyl (C=O) groups excluding carboxylic acids is 1. The van der Waals surface area contributed by atoms with Gasteiger partial charge in [-0.05, 0) is 36.6 Å². The number of benzene rings is 1. The van der Waals surface area contributed by atoms with Crippen molar-refractivity contribution in [1.29, 1.82) is 0 Å². The minimum absolute atomic E-state index is 0.00464. The van der Waals surface area contributed by atoms with E-state index in [9.17, 15) is 4.79 Å². The average molecular weight is 485 g/mol. The Bertz CT molecular complexity index is 783. The highest BCUT2D eigenvalue weighted by molar-refractivity contribution is 5.62. The van der Waals surface area contributed by atoms with Crippen LogP contribution in [0.25, 0.3) is 0 Å². The first-order valence-corrected chi connectivity index (χ1v) is 13.6. The molecule has 0 N–H and O–H groups in total. The van der Waals surface area contributed by atoms with Gasteiger partial charge in [-0.15, -0.1) is 0 Å². The van der Waals surface area contributed by atoms with Gasteiger partial charge in [-0.2, -0.15) is 0 Å². The van der Waals surface area contributed by atoms with Gasteiger partial charge < -0.3 is 14.2 Å². The molecule has 0 amide bonds. The normalized spacial score (nSPS) is 11.7. The average Bonchev–Trinajstić information content (AvgIpc) is 2.88. The third kappa shape index (κ3) is 13.1. The predicted molar refractivity (Wildman–Crippen MR) is 140 cm³/mol. The molecule has 1 heterocycles. The highest BCUT2D eigenvalue weighted by Gasteiger charge is 2.16. The number of nitrogens with zero attached hydrogens (tertiary/aromatic N) is 2. The molecule has 2 aromatic rings.